The summed E-state index contributed by atoms with van der Waals surface area (Å²) in [7, 11) is 0. The summed E-state index contributed by atoms with van der Waals surface area (Å²) in [6.07, 6.45) is 2.25. The number of benzene rings is 3. The number of oxime groups is 1. The van der Waals surface area contributed by atoms with Crippen LogP contribution < -0.4 is 4.74 Å². The molecule has 1 saturated heterocycles. The number of hydrogen-bond acceptors (Lipinski definition) is 5. The molecule has 1 fully saturated rings. The number of allylic oxidation sites excluding steroid dienone is 1. The number of hydrogen-bond donors (Lipinski definition) is 1. The Morgan fingerprint density at radius 1 is 1.03 bits per heavy atom. The van der Waals surface area contributed by atoms with Gasteiger partial charge in [-0.15, -0.1) is 11.3 Å². The first-order valence-corrected chi connectivity index (χ1v) is 12.5. The molecule has 4 aromatic rings. The van der Waals surface area contributed by atoms with Crippen LogP contribution in [0, 0.1) is 5.82 Å². The van der Waals surface area contributed by atoms with E-state index in [1.807, 2.05) is 78.2 Å². The summed E-state index contributed by atoms with van der Waals surface area (Å²) < 4.78 is 25.9. The van der Waals surface area contributed by atoms with Crippen LogP contribution in [0.25, 0.3) is 11.6 Å². The lowest BCUT2D eigenvalue weighted by atomic mass is 9.92. The third-order valence-electron chi connectivity index (χ3n) is 5.67. The van der Waals surface area contributed by atoms with Crippen molar-refractivity contribution >= 4 is 40.3 Å². The van der Waals surface area contributed by atoms with Gasteiger partial charge in [0.15, 0.2) is 17.2 Å². The number of halogens is 2. The Morgan fingerprint density at radius 2 is 1.86 bits per heavy atom. The summed E-state index contributed by atoms with van der Waals surface area (Å²) in [5.74, 6) is 1.20. The zero-order valence-corrected chi connectivity index (χ0v) is 20.6. The topological polar surface area (TPSA) is 51.1 Å². The standard InChI is InChI=1S/C29H21ClFNO3S/c30-25-12-3-1-8-20(25)16-24(29-28(32-33)27(35-29)17-22-10-6-14-36-22)23-11-2-4-13-26(23)34-18-19-7-5-9-21(31)15-19/h1-15,17,33H,16,18H2/b27-17-,29-24-,32-28+. The molecule has 0 saturated carbocycles. The molecule has 0 bridgehead atoms. The Hall–Kier alpha value is -3.87. The van der Waals surface area contributed by atoms with Crippen molar-refractivity contribution in [2.45, 2.75) is 13.0 Å². The average molecular weight is 518 g/mol. The fraction of sp³-hybridized carbons (Fsp3) is 0.0690. The van der Waals surface area contributed by atoms with Crippen molar-refractivity contribution in [2.75, 3.05) is 0 Å². The number of rotatable bonds is 7. The molecule has 5 rings (SSSR count). The SMILES string of the molecule is O/N=C1C(=C\c2cccs2)\OC\1=C(\Cc1ccccc1Cl)c1ccccc1OCc1cccc(F)c1. The Labute approximate surface area is 217 Å². The van der Waals surface area contributed by atoms with Gasteiger partial charge in [0.05, 0.1) is 0 Å². The Kier molecular flexibility index (Phi) is 7.16. The number of nitrogens with zero attached hydrogens (tertiary/aromatic N) is 1. The molecule has 180 valence electrons. The highest BCUT2D eigenvalue weighted by molar-refractivity contribution is 7.10. The van der Waals surface area contributed by atoms with E-state index in [1.165, 1.54) is 12.1 Å². The van der Waals surface area contributed by atoms with Crippen molar-refractivity contribution in [3.8, 4) is 5.75 Å². The van der Waals surface area contributed by atoms with Crippen molar-refractivity contribution in [1.29, 1.82) is 0 Å². The molecule has 0 unspecified atom stereocenters. The predicted octanol–water partition coefficient (Wildman–Crippen LogP) is 7.97. The minimum Gasteiger partial charge on any atom is -0.488 e. The monoisotopic (exact) mass is 517 g/mol. The van der Waals surface area contributed by atoms with Crippen molar-refractivity contribution in [3.05, 3.63) is 134 Å². The van der Waals surface area contributed by atoms with Crippen molar-refractivity contribution in [2.24, 2.45) is 5.16 Å². The molecule has 0 radical (unpaired) electrons. The van der Waals surface area contributed by atoms with Crippen molar-refractivity contribution in [1.82, 2.24) is 0 Å². The van der Waals surface area contributed by atoms with Crippen LogP contribution >= 0.6 is 22.9 Å². The molecule has 3 aromatic carbocycles. The van der Waals surface area contributed by atoms with E-state index in [9.17, 15) is 9.60 Å². The maximum Gasteiger partial charge on any atom is 0.188 e. The van der Waals surface area contributed by atoms with Gasteiger partial charge < -0.3 is 14.7 Å². The minimum atomic E-state index is -0.317. The molecule has 0 spiro atoms. The zero-order chi connectivity index (χ0) is 24.9. The van der Waals surface area contributed by atoms with Crippen LogP contribution in [0.3, 0.4) is 0 Å². The van der Waals surface area contributed by atoms with E-state index in [2.05, 4.69) is 5.16 Å². The predicted molar refractivity (Wildman–Crippen MR) is 142 cm³/mol. The van der Waals surface area contributed by atoms with Crippen LogP contribution in [0.15, 0.2) is 107 Å². The zero-order valence-electron chi connectivity index (χ0n) is 19.0. The number of para-hydroxylation sites is 1. The highest BCUT2D eigenvalue weighted by Crippen LogP contribution is 2.40. The maximum absolute atomic E-state index is 13.7. The molecule has 36 heavy (non-hydrogen) atoms. The fourth-order valence-corrected chi connectivity index (χ4v) is 4.78. The first-order chi connectivity index (χ1) is 17.6. The largest absolute Gasteiger partial charge is 0.488 e. The summed E-state index contributed by atoms with van der Waals surface area (Å²) in [5, 5.41) is 16.0. The second-order valence-corrected chi connectivity index (χ2v) is 9.45. The Balaban J connectivity index is 1.54. The molecule has 0 atom stereocenters. The molecule has 1 aliphatic heterocycles. The molecule has 2 heterocycles. The van der Waals surface area contributed by atoms with E-state index in [0.717, 1.165) is 21.6 Å². The molecule has 0 amide bonds. The average Bonchev–Trinajstić information content (AvgIpc) is 3.39. The van der Waals surface area contributed by atoms with Gasteiger partial charge in [-0.2, -0.15) is 0 Å². The van der Waals surface area contributed by atoms with E-state index >= 15 is 0 Å². The van der Waals surface area contributed by atoms with Crippen LogP contribution in [0.2, 0.25) is 5.02 Å². The maximum atomic E-state index is 13.7. The molecule has 1 aromatic heterocycles. The molecule has 7 heteroatoms. The molecular formula is C29H21ClFNO3S. The smallest absolute Gasteiger partial charge is 0.188 e. The third kappa shape index (κ3) is 5.20. The summed E-state index contributed by atoms with van der Waals surface area (Å²) in [5.41, 5.74) is 3.47. The summed E-state index contributed by atoms with van der Waals surface area (Å²) in [4.78, 5) is 0.983. The second kappa shape index (κ2) is 10.8. The fourth-order valence-electron chi connectivity index (χ4n) is 3.93. The van der Waals surface area contributed by atoms with Crippen LogP contribution in [0.4, 0.5) is 4.39 Å². The van der Waals surface area contributed by atoms with Gasteiger partial charge in [-0.3, -0.25) is 0 Å². The van der Waals surface area contributed by atoms with Crippen LogP contribution in [-0.2, 0) is 17.8 Å². The highest BCUT2D eigenvalue weighted by Gasteiger charge is 2.34. The minimum absolute atomic E-state index is 0.189. The molecule has 1 aliphatic rings. The van der Waals surface area contributed by atoms with Gasteiger partial charge in [-0.05, 0) is 46.8 Å². The van der Waals surface area contributed by atoms with Gasteiger partial charge in [0.1, 0.15) is 18.2 Å². The summed E-state index contributed by atoms with van der Waals surface area (Å²) in [6.45, 7) is 0.189. The number of thiophene rings is 1. The van der Waals surface area contributed by atoms with E-state index < -0.39 is 0 Å². The van der Waals surface area contributed by atoms with E-state index in [4.69, 9.17) is 21.1 Å². The first-order valence-electron chi connectivity index (χ1n) is 11.2. The lowest BCUT2D eigenvalue weighted by molar-refractivity contribution is 0.275. The second-order valence-electron chi connectivity index (χ2n) is 8.07. The van der Waals surface area contributed by atoms with Crippen LogP contribution in [0.5, 0.6) is 5.75 Å². The van der Waals surface area contributed by atoms with Gasteiger partial charge in [0.25, 0.3) is 0 Å². The lowest BCUT2D eigenvalue weighted by Crippen LogP contribution is -2.25. The Morgan fingerprint density at radius 3 is 2.64 bits per heavy atom. The van der Waals surface area contributed by atoms with Gasteiger partial charge in [-0.1, -0.05) is 71.4 Å². The first kappa shape index (κ1) is 23.9. The van der Waals surface area contributed by atoms with Gasteiger partial charge in [0, 0.05) is 33.5 Å². The van der Waals surface area contributed by atoms with E-state index in [-0.39, 0.29) is 12.4 Å². The molecular weight excluding hydrogens is 497 g/mol. The van der Waals surface area contributed by atoms with Crippen molar-refractivity contribution < 1.29 is 19.1 Å². The van der Waals surface area contributed by atoms with Gasteiger partial charge in [-0.25, -0.2) is 4.39 Å². The Bertz CT molecular complexity index is 1480. The molecule has 1 N–H and O–H groups in total. The van der Waals surface area contributed by atoms with Gasteiger partial charge >= 0.3 is 0 Å². The third-order valence-corrected chi connectivity index (χ3v) is 6.86. The summed E-state index contributed by atoms with van der Waals surface area (Å²) in [6, 6.07) is 25.3. The quantitative estimate of drug-likeness (QED) is 0.200. The van der Waals surface area contributed by atoms with E-state index in [0.29, 0.717) is 40.0 Å². The van der Waals surface area contributed by atoms with Gasteiger partial charge in [0.2, 0.25) is 0 Å². The van der Waals surface area contributed by atoms with Crippen molar-refractivity contribution in [3.63, 3.8) is 0 Å². The van der Waals surface area contributed by atoms with Crippen LogP contribution in [0.1, 0.15) is 21.6 Å². The molecule has 0 aliphatic carbocycles. The normalized spacial score (nSPS) is 16.5. The lowest BCUT2D eigenvalue weighted by Gasteiger charge is -2.28. The van der Waals surface area contributed by atoms with Crippen LogP contribution in [-0.4, -0.2) is 10.9 Å². The molecule has 4 nitrogen and oxygen atoms in total. The highest BCUT2D eigenvalue weighted by atomic mass is 35.5. The van der Waals surface area contributed by atoms with E-state index in [1.54, 1.807) is 17.4 Å². The number of ether oxygens (including phenoxy) is 2. The summed E-state index contributed by atoms with van der Waals surface area (Å²) >= 11 is 8.05.